The van der Waals surface area contributed by atoms with Gasteiger partial charge in [0.15, 0.2) is 0 Å². The molecule has 0 radical (unpaired) electrons. The number of sulfonamides is 1. The first-order valence-corrected chi connectivity index (χ1v) is 10.2. The van der Waals surface area contributed by atoms with Crippen molar-refractivity contribution in [2.75, 3.05) is 20.6 Å². The molecule has 1 heterocycles. The molecule has 1 aromatic heterocycles. The molecular formula is C16H21IN4O3S. The molecule has 0 atom stereocenters. The summed E-state index contributed by atoms with van der Waals surface area (Å²) in [6.45, 7) is 2.46. The highest BCUT2D eigenvalue weighted by Crippen LogP contribution is 2.20. The summed E-state index contributed by atoms with van der Waals surface area (Å²) in [6, 6.07) is 4.57. The molecule has 0 aliphatic rings. The molecular weight excluding hydrogens is 455 g/mol. The lowest BCUT2D eigenvalue weighted by Gasteiger charge is -2.13. The lowest BCUT2D eigenvalue weighted by Crippen LogP contribution is -2.27. The Morgan fingerprint density at radius 3 is 2.68 bits per heavy atom. The van der Waals surface area contributed by atoms with Crippen molar-refractivity contribution in [3.8, 4) is 0 Å². The van der Waals surface area contributed by atoms with Crippen LogP contribution in [0.2, 0.25) is 0 Å². The zero-order valence-corrected chi connectivity index (χ0v) is 17.3. The van der Waals surface area contributed by atoms with Crippen molar-refractivity contribution < 1.29 is 13.2 Å². The van der Waals surface area contributed by atoms with Gasteiger partial charge in [-0.1, -0.05) is 0 Å². The summed E-state index contributed by atoms with van der Waals surface area (Å²) < 4.78 is 26.3. The molecule has 2 N–H and O–H groups in total. The molecule has 25 heavy (non-hydrogen) atoms. The molecule has 0 bridgehead atoms. The van der Waals surface area contributed by atoms with E-state index in [9.17, 15) is 13.2 Å². The highest BCUT2D eigenvalue weighted by atomic mass is 127. The number of carbonyl (C=O) groups excluding carboxylic acids is 1. The fourth-order valence-corrected chi connectivity index (χ4v) is 3.76. The van der Waals surface area contributed by atoms with Crippen molar-refractivity contribution in [1.29, 1.82) is 0 Å². The quantitative estimate of drug-likeness (QED) is 0.472. The van der Waals surface area contributed by atoms with Gasteiger partial charge in [-0.15, -0.1) is 0 Å². The Balaban J connectivity index is 2.02. The van der Waals surface area contributed by atoms with Crippen LogP contribution in [-0.2, 0) is 16.4 Å². The van der Waals surface area contributed by atoms with Crippen LogP contribution in [0.1, 0.15) is 28.0 Å². The normalized spacial score (nSPS) is 11.7. The van der Waals surface area contributed by atoms with E-state index in [-0.39, 0.29) is 10.8 Å². The van der Waals surface area contributed by atoms with Crippen LogP contribution in [0.4, 0.5) is 0 Å². The van der Waals surface area contributed by atoms with E-state index < -0.39 is 10.0 Å². The van der Waals surface area contributed by atoms with E-state index in [2.05, 4.69) is 15.5 Å². The average molecular weight is 476 g/mol. The fraction of sp³-hybridized carbons (Fsp3) is 0.375. The predicted molar refractivity (Wildman–Crippen MR) is 104 cm³/mol. The van der Waals surface area contributed by atoms with Gasteiger partial charge in [-0.25, -0.2) is 12.7 Å². The number of aromatic amines is 1. The summed E-state index contributed by atoms with van der Waals surface area (Å²) in [5, 5.41) is 9.70. The van der Waals surface area contributed by atoms with Crippen LogP contribution in [0, 0.1) is 10.5 Å². The third-order valence-electron chi connectivity index (χ3n) is 3.80. The highest BCUT2D eigenvalue weighted by Gasteiger charge is 2.20. The van der Waals surface area contributed by atoms with Gasteiger partial charge in [0.05, 0.1) is 16.7 Å². The number of halogens is 1. The third-order valence-corrected chi connectivity index (χ3v) is 6.56. The summed E-state index contributed by atoms with van der Waals surface area (Å²) in [5.41, 5.74) is 2.52. The first-order chi connectivity index (χ1) is 11.7. The molecule has 2 rings (SSSR count). The standard InChI is InChI=1S/C16H21IN4O3S/c1-11-12(10-19-20-11)5-4-8-18-16(22)14-9-13(6-7-15(14)17)25(23,24)21(2)3/h6-7,9-10H,4-5,8H2,1-3H3,(H,18,22)(H,19,20). The van der Waals surface area contributed by atoms with E-state index in [1.54, 1.807) is 12.3 Å². The Labute approximate surface area is 161 Å². The maximum absolute atomic E-state index is 12.4. The first kappa shape index (κ1) is 19.9. The molecule has 0 aliphatic heterocycles. The number of benzene rings is 1. The molecule has 136 valence electrons. The second-order valence-electron chi connectivity index (χ2n) is 5.81. The monoisotopic (exact) mass is 476 g/mol. The smallest absolute Gasteiger partial charge is 0.252 e. The summed E-state index contributed by atoms with van der Waals surface area (Å²) in [4.78, 5) is 12.5. The van der Waals surface area contributed by atoms with Gasteiger partial charge in [0, 0.05) is 29.9 Å². The van der Waals surface area contributed by atoms with Crippen LogP contribution in [0.3, 0.4) is 0 Å². The average Bonchev–Trinajstić information content (AvgIpc) is 2.96. The van der Waals surface area contributed by atoms with Gasteiger partial charge in [-0.3, -0.25) is 9.89 Å². The number of nitrogens with one attached hydrogen (secondary N) is 2. The van der Waals surface area contributed by atoms with Gasteiger partial charge < -0.3 is 5.32 Å². The number of amides is 1. The molecule has 0 fully saturated rings. The molecule has 1 aromatic carbocycles. The maximum atomic E-state index is 12.4. The number of aromatic nitrogens is 2. The minimum absolute atomic E-state index is 0.108. The molecule has 2 aromatic rings. The fourth-order valence-electron chi connectivity index (χ4n) is 2.25. The van der Waals surface area contributed by atoms with Crippen LogP contribution in [0.5, 0.6) is 0 Å². The summed E-state index contributed by atoms with van der Waals surface area (Å²) in [5.74, 6) is -0.274. The Morgan fingerprint density at radius 2 is 2.08 bits per heavy atom. The molecule has 0 aliphatic carbocycles. The summed E-state index contributed by atoms with van der Waals surface area (Å²) in [6.07, 6.45) is 3.38. The Kier molecular flexibility index (Phi) is 6.58. The van der Waals surface area contributed by atoms with Crippen LogP contribution in [0.15, 0.2) is 29.3 Å². The number of carbonyl (C=O) groups is 1. The zero-order valence-electron chi connectivity index (χ0n) is 14.3. The van der Waals surface area contributed by atoms with Crippen molar-refractivity contribution >= 4 is 38.5 Å². The van der Waals surface area contributed by atoms with E-state index in [1.165, 1.54) is 26.2 Å². The maximum Gasteiger partial charge on any atom is 0.252 e. The lowest BCUT2D eigenvalue weighted by atomic mass is 10.1. The minimum Gasteiger partial charge on any atom is -0.352 e. The van der Waals surface area contributed by atoms with Crippen molar-refractivity contribution in [2.45, 2.75) is 24.7 Å². The van der Waals surface area contributed by atoms with Gasteiger partial charge >= 0.3 is 0 Å². The van der Waals surface area contributed by atoms with Crippen molar-refractivity contribution in [1.82, 2.24) is 19.8 Å². The van der Waals surface area contributed by atoms with Gasteiger partial charge in [0.1, 0.15) is 0 Å². The Morgan fingerprint density at radius 1 is 1.36 bits per heavy atom. The second-order valence-corrected chi connectivity index (χ2v) is 9.12. The zero-order chi connectivity index (χ0) is 18.6. The summed E-state index contributed by atoms with van der Waals surface area (Å²) >= 11 is 2.03. The molecule has 9 heteroatoms. The predicted octanol–water partition coefficient (Wildman–Crippen LogP) is 1.94. The van der Waals surface area contributed by atoms with Crippen molar-refractivity contribution in [3.63, 3.8) is 0 Å². The topological polar surface area (TPSA) is 95.2 Å². The molecule has 0 unspecified atom stereocenters. The molecule has 1 amide bonds. The van der Waals surface area contributed by atoms with Crippen LogP contribution in [0.25, 0.3) is 0 Å². The van der Waals surface area contributed by atoms with Gasteiger partial charge in [0.2, 0.25) is 10.0 Å². The molecule has 0 saturated carbocycles. The van der Waals surface area contributed by atoms with Crippen molar-refractivity contribution in [2.24, 2.45) is 0 Å². The summed E-state index contributed by atoms with van der Waals surface area (Å²) in [7, 11) is -0.643. The third kappa shape index (κ3) is 4.79. The van der Waals surface area contributed by atoms with E-state index in [0.717, 1.165) is 28.4 Å². The molecule has 7 nitrogen and oxygen atoms in total. The van der Waals surface area contributed by atoms with Crippen molar-refractivity contribution in [3.05, 3.63) is 44.8 Å². The SMILES string of the molecule is Cc1[nH]ncc1CCCNC(=O)c1cc(S(=O)(=O)N(C)C)ccc1I. The largest absolute Gasteiger partial charge is 0.352 e. The van der Waals surface area contributed by atoms with Gasteiger partial charge in [-0.2, -0.15) is 5.10 Å². The molecule has 0 spiro atoms. The number of hydrogen-bond donors (Lipinski definition) is 2. The van der Waals surface area contributed by atoms with Crippen LogP contribution < -0.4 is 5.32 Å². The number of hydrogen-bond acceptors (Lipinski definition) is 4. The van der Waals surface area contributed by atoms with E-state index in [4.69, 9.17) is 0 Å². The number of H-pyrrole nitrogens is 1. The van der Waals surface area contributed by atoms with Crippen LogP contribution in [-0.4, -0.2) is 49.5 Å². The number of rotatable bonds is 7. The Hall–Kier alpha value is -1.46. The van der Waals surface area contributed by atoms with E-state index >= 15 is 0 Å². The van der Waals surface area contributed by atoms with E-state index in [0.29, 0.717) is 15.7 Å². The molecule has 0 saturated heterocycles. The van der Waals surface area contributed by atoms with E-state index in [1.807, 2.05) is 29.5 Å². The Bertz CT molecular complexity index is 862. The highest BCUT2D eigenvalue weighted by molar-refractivity contribution is 14.1. The van der Waals surface area contributed by atoms with Gasteiger partial charge in [-0.05, 0) is 66.1 Å². The lowest BCUT2D eigenvalue weighted by molar-refractivity contribution is 0.0952. The van der Waals surface area contributed by atoms with Gasteiger partial charge in [0.25, 0.3) is 5.91 Å². The minimum atomic E-state index is -3.57. The first-order valence-electron chi connectivity index (χ1n) is 7.72. The van der Waals surface area contributed by atoms with Crippen LogP contribution >= 0.6 is 22.6 Å². The number of aryl methyl sites for hydroxylation is 2. The number of nitrogens with zero attached hydrogens (tertiary/aromatic N) is 2. The second kappa shape index (κ2) is 8.28.